The van der Waals surface area contributed by atoms with Crippen LogP contribution in [0.1, 0.15) is 33.2 Å². The van der Waals surface area contributed by atoms with Gasteiger partial charge in [-0.25, -0.2) is 0 Å². The number of nitrogens with zero attached hydrogens (tertiary/aromatic N) is 1. The van der Waals surface area contributed by atoms with Crippen LogP contribution in [0.5, 0.6) is 0 Å². The highest BCUT2D eigenvalue weighted by atomic mass is 32.1. The van der Waals surface area contributed by atoms with Crippen molar-refractivity contribution < 1.29 is 0 Å². The Bertz CT molecular complexity index is 944. The summed E-state index contributed by atoms with van der Waals surface area (Å²) in [5.41, 5.74) is 6.70. The van der Waals surface area contributed by atoms with Crippen LogP contribution in [-0.2, 0) is 6.42 Å². The van der Waals surface area contributed by atoms with Crippen molar-refractivity contribution in [1.29, 1.82) is 0 Å². The predicted molar refractivity (Wildman–Crippen MR) is 107 cm³/mol. The summed E-state index contributed by atoms with van der Waals surface area (Å²) in [6.45, 7) is 5.35. The molecule has 0 radical (unpaired) electrons. The van der Waals surface area contributed by atoms with Crippen LogP contribution in [0.4, 0.5) is 5.69 Å². The molecule has 2 heterocycles. The van der Waals surface area contributed by atoms with Crippen LogP contribution in [0.2, 0.25) is 0 Å². The number of aryl methyl sites for hydroxylation is 2. The summed E-state index contributed by atoms with van der Waals surface area (Å²) in [5, 5.41) is 2.08. The normalized spacial score (nSPS) is 16.1. The summed E-state index contributed by atoms with van der Waals surface area (Å²) in [7, 11) is 0. The van der Waals surface area contributed by atoms with Gasteiger partial charge in [-0.3, -0.25) is 0 Å². The fourth-order valence-electron chi connectivity index (χ4n) is 3.39. The number of benzene rings is 2. The molecule has 124 valence electrons. The molecule has 4 rings (SSSR count). The summed E-state index contributed by atoms with van der Waals surface area (Å²) in [6.07, 6.45) is 1.07. The topological polar surface area (TPSA) is 3.24 Å². The van der Waals surface area contributed by atoms with Gasteiger partial charge < -0.3 is 4.90 Å². The standard InChI is InChI=1S/C23H21NS/c1-17-9-10-20(16-18(17)2)24-14-13-19-6-3-4-8-22(19)23(24)12-11-21-7-5-15-25-21/h3-10,15-16,23H,13-14H2,1-2H3/t23-/m0/s1. The SMILES string of the molecule is Cc1ccc(N2CCc3ccccc3[C@@H]2C#Cc2cccs2)cc1C. The van der Waals surface area contributed by atoms with Crippen LogP contribution in [0.3, 0.4) is 0 Å². The fraction of sp³-hybridized carbons (Fsp3) is 0.217. The van der Waals surface area contributed by atoms with Crippen molar-refractivity contribution in [1.82, 2.24) is 0 Å². The Labute approximate surface area is 153 Å². The predicted octanol–water partition coefficient (Wildman–Crippen LogP) is 5.52. The van der Waals surface area contributed by atoms with Gasteiger partial charge in [0.1, 0.15) is 6.04 Å². The molecule has 0 fully saturated rings. The molecule has 0 N–H and O–H groups in total. The third-order valence-corrected chi connectivity index (χ3v) is 5.74. The molecular formula is C23H21NS. The van der Waals surface area contributed by atoms with E-state index in [-0.39, 0.29) is 6.04 Å². The summed E-state index contributed by atoms with van der Waals surface area (Å²) in [4.78, 5) is 3.58. The lowest BCUT2D eigenvalue weighted by Crippen LogP contribution is -2.34. The lowest BCUT2D eigenvalue weighted by atomic mass is 9.92. The van der Waals surface area contributed by atoms with E-state index in [9.17, 15) is 0 Å². The van der Waals surface area contributed by atoms with E-state index < -0.39 is 0 Å². The van der Waals surface area contributed by atoms with Gasteiger partial charge in [0.25, 0.3) is 0 Å². The van der Waals surface area contributed by atoms with Crippen LogP contribution in [0.25, 0.3) is 0 Å². The third kappa shape index (κ3) is 3.21. The van der Waals surface area contributed by atoms with Gasteiger partial charge in [0.2, 0.25) is 0 Å². The second kappa shape index (κ2) is 6.78. The molecule has 0 saturated heterocycles. The van der Waals surface area contributed by atoms with Crippen LogP contribution in [-0.4, -0.2) is 6.54 Å². The first-order chi connectivity index (χ1) is 12.2. The molecule has 0 bridgehead atoms. The van der Waals surface area contributed by atoms with Crippen LogP contribution in [0, 0.1) is 25.7 Å². The molecule has 0 amide bonds. The maximum absolute atomic E-state index is 3.55. The van der Waals surface area contributed by atoms with Crippen molar-refractivity contribution in [2.45, 2.75) is 26.3 Å². The zero-order valence-corrected chi connectivity index (χ0v) is 15.4. The lowest BCUT2D eigenvalue weighted by molar-refractivity contribution is 0.681. The Morgan fingerprint density at radius 3 is 2.68 bits per heavy atom. The molecule has 1 atom stereocenters. The molecule has 1 nitrogen and oxygen atoms in total. The van der Waals surface area contributed by atoms with Crippen molar-refractivity contribution in [3.8, 4) is 11.8 Å². The maximum atomic E-state index is 3.55. The molecule has 0 aliphatic carbocycles. The van der Waals surface area contributed by atoms with Crippen LogP contribution < -0.4 is 4.90 Å². The average Bonchev–Trinajstić information content (AvgIpc) is 3.15. The Balaban J connectivity index is 1.78. The largest absolute Gasteiger partial charge is 0.353 e. The van der Waals surface area contributed by atoms with Crippen molar-refractivity contribution in [2.24, 2.45) is 0 Å². The maximum Gasteiger partial charge on any atom is 0.117 e. The molecule has 0 saturated carbocycles. The summed E-state index contributed by atoms with van der Waals surface area (Å²) >= 11 is 1.70. The van der Waals surface area contributed by atoms with E-state index in [0.29, 0.717) is 0 Å². The summed E-state index contributed by atoms with van der Waals surface area (Å²) in [6, 6.07) is 19.7. The molecular weight excluding hydrogens is 322 g/mol. The van der Waals surface area contributed by atoms with Gasteiger partial charge in [0, 0.05) is 12.2 Å². The van der Waals surface area contributed by atoms with E-state index in [4.69, 9.17) is 0 Å². The molecule has 0 spiro atoms. The Morgan fingerprint density at radius 1 is 1.00 bits per heavy atom. The number of fused-ring (bicyclic) bond motifs is 1. The fourth-order valence-corrected chi connectivity index (χ4v) is 3.97. The number of thiophene rings is 1. The summed E-state index contributed by atoms with van der Waals surface area (Å²) < 4.78 is 0. The second-order valence-corrected chi connectivity index (χ2v) is 7.51. The first kappa shape index (κ1) is 16.0. The monoisotopic (exact) mass is 343 g/mol. The van der Waals surface area contributed by atoms with Crippen molar-refractivity contribution >= 4 is 17.0 Å². The van der Waals surface area contributed by atoms with Crippen LogP contribution in [0.15, 0.2) is 60.0 Å². The average molecular weight is 343 g/mol. The van der Waals surface area contributed by atoms with Gasteiger partial charge in [-0.05, 0) is 66.1 Å². The smallest absolute Gasteiger partial charge is 0.117 e. The minimum absolute atomic E-state index is 0.106. The third-order valence-electron chi connectivity index (χ3n) is 4.96. The number of hydrogen-bond acceptors (Lipinski definition) is 2. The number of hydrogen-bond donors (Lipinski definition) is 0. The van der Waals surface area contributed by atoms with Gasteiger partial charge in [-0.1, -0.05) is 48.2 Å². The molecule has 25 heavy (non-hydrogen) atoms. The van der Waals surface area contributed by atoms with Gasteiger partial charge in [0.15, 0.2) is 0 Å². The molecule has 1 aromatic heterocycles. The van der Waals surface area contributed by atoms with Gasteiger partial charge >= 0.3 is 0 Å². The first-order valence-corrected chi connectivity index (χ1v) is 9.57. The van der Waals surface area contributed by atoms with Crippen LogP contribution >= 0.6 is 11.3 Å². The van der Waals surface area contributed by atoms with E-state index in [1.165, 1.54) is 27.9 Å². The lowest BCUT2D eigenvalue weighted by Gasteiger charge is -2.36. The Kier molecular flexibility index (Phi) is 4.34. The highest BCUT2D eigenvalue weighted by Crippen LogP contribution is 2.34. The molecule has 2 aromatic carbocycles. The van der Waals surface area contributed by atoms with Gasteiger partial charge in [-0.15, -0.1) is 11.3 Å². The Hall–Kier alpha value is -2.50. The molecule has 2 heteroatoms. The van der Waals surface area contributed by atoms with Gasteiger partial charge in [0.05, 0.1) is 4.88 Å². The van der Waals surface area contributed by atoms with E-state index in [2.05, 4.69) is 90.6 Å². The summed E-state index contributed by atoms with van der Waals surface area (Å²) in [5.74, 6) is 6.94. The highest BCUT2D eigenvalue weighted by molar-refractivity contribution is 7.10. The van der Waals surface area contributed by atoms with E-state index in [1.807, 2.05) is 0 Å². The second-order valence-electron chi connectivity index (χ2n) is 6.56. The molecule has 1 aliphatic heterocycles. The van der Waals surface area contributed by atoms with E-state index >= 15 is 0 Å². The highest BCUT2D eigenvalue weighted by Gasteiger charge is 2.26. The van der Waals surface area contributed by atoms with Crippen molar-refractivity contribution in [2.75, 3.05) is 11.4 Å². The minimum Gasteiger partial charge on any atom is -0.353 e. The molecule has 0 unspecified atom stereocenters. The number of anilines is 1. The first-order valence-electron chi connectivity index (χ1n) is 8.69. The van der Waals surface area contributed by atoms with Crippen molar-refractivity contribution in [3.05, 3.63) is 87.1 Å². The molecule has 1 aliphatic rings. The van der Waals surface area contributed by atoms with Gasteiger partial charge in [-0.2, -0.15) is 0 Å². The van der Waals surface area contributed by atoms with E-state index in [1.54, 1.807) is 11.3 Å². The minimum atomic E-state index is 0.106. The van der Waals surface area contributed by atoms with E-state index in [0.717, 1.165) is 17.8 Å². The zero-order chi connectivity index (χ0) is 17.2. The Morgan fingerprint density at radius 2 is 1.88 bits per heavy atom. The molecule has 3 aromatic rings. The quantitative estimate of drug-likeness (QED) is 0.526. The number of rotatable bonds is 1. The zero-order valence-electron chi connectivity index (χ0n) is 14.6. The van der Waals surface area contributed by atoms with Crippen molar-refractivity contribution in [3.63, 3.8) is 0 Å².